The number of ether oxygens (including phenoxy) is 1. The molecule has 3 nitrogen and oxygen atoms in total. The summed E-state index contributed by atoms with van der Waals surface area (Å²) in [6, 6.07) is 4.30. The Kier molecular flexibility index (Phi) is 4.99. The van der Waals surface area contributed by atoms with Crippen molar-refractivity contribution >= 4 is 27.3 Å². The maximum atomic E-state index is 6.25. The molecule has 0 aromatic carbocycles. The summed E-state index contributed by atoms with van der Waals surface area (Å²) in [5, 5.41) is 0. The first-order valence-electron chi connectivity index (χ1n) is 6.02. The van der Waals surface area contributed by atoms with Crippen molar-refractivity contribution in [3.63, 3.8) is 0 Å². The average molecular weight is 319 g/mol. The van der Waals surface area contributed by atoms with E-state index in [0.29, 0.717) is 0 Å². The van der Waals surface area contributed by atoms with Crippen LogP contribution in [-0.4, -0.2) is 43.3 Å². The van der Waals surface area contributed by atoms with Crippen LogP contribution in [-0.2, 0) is 11.2 Å². The van der Waals surface area contributed by atoms with Gasteiger partial charge in [-0.15, -0.1) is 11.3 Å². The van der Waals surface area contributed by atoms with Gasteiger partial charge in [-0.25, -0.2) is 0 Å². The highest BCUT2D eigenvalue weighted by Crippen LogP contribution is 2.24. The van der Waals surface area contributed by atoms with E-state index in [1.54, 1.807) is 11.3 Å². The van der Waals surface area contributed by atoms with E-state index in [9.17, 15) is 0 Å². The van der Waals surface area contributed by atoms with Crippen LogP contribution in [0.2, 0.25) is 0 Å². The third-order valence-electron chi connectivity index (χ3n) is 3.17. The highest BCUT2D eigenvalue weighted by Gasteiger charge is 2.25. The predicted molar refractivity (Wildman–Crippen MR) is 75.6 cm³/mol. The first-order valence-corrected chi connectivity index (χ1v) is 7.63. The second-order valence-electron chi connectivity index (χ2n) is 4.38. The lowest BCUT2D eigenvalue weighted by molar-refractivity contribution is -0.0384. The van der Waals surface area contributed by atoms with Crippen LogP contribution in [0.4, 0.5) is 0 Å². The first-order chi connectivity index (χ1) is 8.19. The second-order valence-corrected chi connectivity index (χ2v) is 6.92. The Labute approximate surface area is 115 Å². The summed E-state index contributed by atoms with van der Waals surface area (Å²) in [7, 11) is 0. The summed E-state index contributed by atoms with van der Waals surface area (Å²) in [6.45, 7) is 6.07. The zero-order chi connectivity index (χ0) is 12.3. The topological polar surface area (TPSA) is 38.5 Å². The maximum absolute atomic E-state index is 6.25. The van der Waals surface area contributed by atoms with E-state index >= 15 is 0 Å². The van der Waals surface area contributed by atoms with Crippen LogP contribution < -0.4 is 5.73 Å². The van der Waals surface area contributed by atoms with Gasteiger partial charge in [-0.2, -0.15) is 0 Å². The molecule has 2 N–H and O–H groups in total. The quantitative estimate of drug-likeness (QED) is 0.924. The molecule has 0 aliphatic carbocycles. The number of nitrogens with zero attached hydrogens (tertiary/aromatic N) is 1. The average Bonchev–Trinajstić information content (AvgIpc) is 2.75. The van der Waals surface area contributed by atoms with Crippen LogP contribution in [0.15, 0.2) is 15.9 Å². The third-order valence-corrected chi connectivity index (χ3v) is 4.81. The van der Waals surface area contributed by atoms with E-state index in [1.807, 2.05) is 0 Å². The zero-order valence-corrected chi connectivity index (χ0v) is 12.5. The summed E-state index contributed by atoms with van der Waals surface area (Å²) in [6.07, 6.45) is 1.07. The molecule has 17 heavy (non-hydrogen) atoms. The molecule has 0 saturated carbocycles. The van der Waals surface area contributed by atoms with Gasteiger partial charge in [-0.05, 0) is 41.0 Å². The molecule has 1 aliphatic rings. The minimum Gasteiger partial charge on any atom is -0.374 e. The Morgan fingerprint density at radius 2 is 2.47 bits per heavy atom. The summed E-state index contributed by atoms with van der Waals surface area (Å²) < 4.78 is 6.94. The number of thiophene rings is 1. The fraction of sp³-hybridized carbons (Fsp3) is 0.667. The van der Waals surface area contributed by atoms with E-state index in [2.05, 4.69) is 39.9 Å². The lowest BCUT2D eigenvalue weighted by Crippen LogP contribution is -2.51. The molecular weight excluding hydrogens is 300 g/mol. The Bertz CT molecular complexity index is 358. The first kappa shape index (κ1) is 13.5. The molecule has 1 aliphatic heterocycles. The van der Waals surface area contributed by atoms with Crippen molar-refractivity contribution < 1.29 is 4.74 Å². The van der Waals surface area contributed by atoms with Gasteiger partial charge in [-0.1, -0.05) is 6.92 Å². The molecule has 2 unspecified atom stereocenters. The fourth-order valence-corrected chi connectivity index (χ4v) is 3.66. The number of nitrogens with two attached hydrogens (primary N) is 1. The number of hydrogen-bond donors (Lipinski definition) is 1. The number of hydrogen-bond acceptors (Lipinski definition) is 4. The SMILES string of the molecule is CCN1CCOC(C(N)Cc2ccc(Br)s2)C1. The Balaban J connectivity index is 1.88. The van der Waals surface area contributed by atoms with Crippen molar-refractivity contribution in [2.45, 2.75) is 25.5 Å². The summed E-state index contributed by atoms with van der Waals surface area (Å²) in [5.41, 5.74) is 6.25. The van der Waals surface area contributed by atoms with Crippen LogP contribution in [0.25, 0.3) is 0 Å². The van der Waals surface area contributed by atoms with Crippen molar-refractivity contribution in [2.24, 2.45) is 5.73 Å². The van der Waals surface area contributed by atoms with E-state index in [0.717, 1.165) is 32.7 Å². The Hall–Kier alpha value is 0.0600. The van der Waals surface area contributed by atoms with Gasteiger partial charge >= 0.3 is 0 Å². The minimum atomic E-state index is 0.0925. The van der Waals surface area contributed by atoms with E-state index < -0.39 is 0 Å². The van der Waals surface area contributed by atoms with Gasteiger partial charge in [0, 0.05) is 24.0 Å². The number of halogens is 1. The fourth-order valence-electron chi connectivity index (χ4n) is 2.10. The largest absolute Gasteiger partial charge is 0.374 e. The lowest BCUT2D eigenvalue weighted by Gasteiger charge is -2.35. The normalized spacial score (nSPS) is 23.8. The molecule has 1 fully saturated rings. The highest BCUT2D eigenvalue weighted by atomic mass is 79.9. The second kappa shape index (κ2) is 6.29. The van der Waals surface area contributed by atoms with Crippen LogP contribution in [0.1, 0.15) is 11.8 Å². The molecule has 0 bridgehead atoms. The van der Waals surface area contributed by atoms with Gasteiger partial charge < -0.3 is 10.5 Å². The van der Waals surface area contributed by atoms with Crippen LogP contribution in [0, 0.1) is 0 Å². The maximum Gasteiger partial charge on any atom is 0.0856 e. The molecule has 1 aromatic heterocycles. The van der Waals surface area contributed by atoms with Gasteiger partial charge in [0.1, 0.15) is 0 Å². The molecule has 0 radical (unpaired) electrons. The molecule has 0 amide bonds. The molecule has 1 saturated heterocycles. The molecule has 96 valence electrons. The molecule has 0 spiro atoms. The monoisotopic (exact) mass is 318 g/mol. The number of morpholine rings is 1. The van der Waals surface area contributed by atoms with E-state index in [4.69, 9.17) is 10.5 Å². The molecule has 2 rings (SSSR count). The standard InChI is InChI=1S/C12H19BrN2OS/c1-2-15-5-6-16-11(8-15)10(14)7-9-3-4-12(13)17-9/h3-4,10-11H,2,5-8,14H2,1H3. The van der Waals surface area contributed by atoms with Crippen molar-refractivity contribution in [2.75, 3.05) is 26.2 Å². The molecule has 1 aromatic rings. The van der Waals surface area contributed by atoms with Gasteiger partial charge in [0.05, 0.1) is 16.5 Å². The predicted octanol–water partition coefficient (Wildman–Crippen LogP) is 2.10. The third kappa shape index (κ3) is 3.76. The number of rotatable bonds is 4. The summed E-state index contributed by atoms with van der Waals surface area (Å²) in [5.74, 6) is 0. The molecule has 2 heterocycles. The zero-order valence-electron chi connectivity index (χ0n) is 10.1. The molecular formula is C12H19BrN2OS. The van der Waals surface area contributed by atoms with Crippen molar-refractivity contribution in [3.05, 3.63) is 20.8 Å². The highest BCUT2D eigenvalue weighted by molar-refractivity contribution is 9.11. The summed E-state index contributed by atoms with van der Waals surface area (Å²) in [4.78, 5) is 3.72. The Morgan fingerprint density at radius 3 is 3.12 bits per heavy atom. The van der Waals surface area contributed by atoms with E-state index in [1.165, 1.54) is 8.66 Å². The van der Waals surface area contributed by atoms with Gasteiger partial charge in [0.15, 0.2) is 0 Å². The van der Waals surface area contributed by atoms with Gasteiger partial charge in [0.25, 0.3) is 0 Å². The molecule has 5 heteroatoms. The van der Waals surface area contributed by atoms with Crippen LogP contribution in [0.3, 0.4) is 0 Å². The summed E-state index contributed by atoms with van der Waals surface area (Å²) >= 11 is 5.23. The van der Waals surface area contributed by atoms with Crippen LogP contribution in [0.5, 0.6) is 0 Å². The minimum absolute atomic E-state index is 0.0925. The van der Waals surface area contributed by atoms with Crippen molar-refractivity contribution in [1.82, 2.24) is 4.90 Å². The van der Waals surface area contributed by atoms with Gasteiger partial charge in [0.2, 0.25) is 0 Å². The van der Waals surface area contributed by atoms with Crippen molar-refractivity contribution in [1.29, 1.82) is 0 Å². The number of likely N-dealkylation sites (N-methyl/N-ethyl adjacent to an activating group) is 1. The Morgan fingerprint density at radius 1 is 1.65 bits per heavy atom. The molecule has 2 atom stereocenters. The van der Waals surface area contributed by atoms with E-state index in [-0.39, 0.29) is 12.1 Å². The van der Waals surface area contributed by atoms with Gasteiger partial charge in [-0.3, -0.25) is 4.90 Å². The van der Waals surface area contributed by atoms with Crippen molar-refractivity contribution in [3.8, 4) is 0 Å². The van der Waals surface area contributed by atoms with Crippen LogP contribution >= 0.6 is 27.3 Å². The smallest absolute Gasteiger partial charge is 0.0856 e. The lowest BCUT2D eigenvalue weighted by atomic mass is 10.1.